The molecule has 0 bridgehead atoms. The van der Waals surface area contributed by atoms with Gasteiger partial charge in [-0.1, -0.05) is 54.1 Å². The standard InChI is InChI=1S/C26H22N4O2/c1-16-11-13-20(14-12-16)29-25(31)22(17(2)27-29)15-23-18(3)28-30(26(23)32)24-10-6-8-19-7-4-5-9-21(19)24/h4-15,28H,1-3H3/b22-15-. The summed E-state index contributed by atoms with van der Waals surface area (Å²) in [5, 5.41) is 11.0. The zero-order valence-electron chi connectivity index (χ0n) is 18.1. The lowest BCUT2D eigenvalue weighted by Crippen LogP contribution is -2.22. The number of anilines is 1. The lowest BCUT2D eigenvalue weighted by Gasteiger charge is -2.11. The fourth-order valence-corrected chi connectivity index (χ4v) is 3.99. The van der Waals surface area contributed by atoms with Gasteiger partial charge in [0.1, 0.15) is 0 Å². The second-order valence-corrected chi connectivity index (χ2v) is 7.99. The van der Waals surface area contributed by atoms with Crippen molar-refractivity contribution in [2.24, 2.45) is 5.10 Å². The van der Waals surface area contributed by atoms with Crippen molar-refractivity contribution in [1.82, 2.24) is 9.78 Å². The summed E-state index contributed by atoms with van der Waals surface area (Å²) in [4.78, 5) is 26.5. The Hall–Kier alpha value is -4.19. The second-order valence-electron chi connectivity index (χ2n) is 7.99. The van der Waals surface area contributed by atoms with E-state index in [9.17, 15) is 9.59 Å². The minimum atomic E-state index is -0.247. The maximum absolute atomic E-state index is 13.3. The first-order valence-electron chi connectivity index (χ1n) is 10.4. The molecule has 0 fully saturated rings. The predicted molar refractivity (Wildman–Crippen MR) is 128 cm³/mol. The van der Waals surface area contributed by atoms with E-state index in [0.29, 0.717) is 28.2 Å². The molecule has 1 N–H and O–H groups in total. The maximum atomic E-state index is 13.3. The van der Waals surface area contributed by atoms with Crippen LogP contribution in [-0.4, -0.2) is 21.4 Å². The van der Waals surface area contributed by atoms with Gasteiger partial charge in [-0.25, -0.2) is 4.68 Å². The molecule has 0 radical (unpaired) electrons. The van der Waals surface area contributed by atoms with E-state index in [1.807, 2.05) is 80.6 Å². The van der Waals surface area contributed by atoms with Crippen LogP contribution in [0.3, 0.4) is 0 Å². The van der Waals surface area contributed by atoms with Gasteiger partial charge in [-0.3, -0.25) is 14.7 Å². The summed E-state index contributed by atoms with van der Waals surface area (Å²) in [7, 11) is 0. The van der Waals surface area contributed by atoms with E-state index >= 15 is 0 Å². The van der Waals surface area contributed by atoms with Gasteiger partial charge in [0, 0.05) is 11.1 Å². The van der Waals surface area contributed by atoms with Crippen LogP contribution in [0.5, 0.6) is 0 Å². The van der Waals surface area contributed by atoms with Crippen LogP contribution in [-0.2, 0) is 4.79 Å². The molecule has 3 aromatic carbocycles. The van der Waals surface area contributed by atoms with Gasteiger partial charge >= 0.3 is 0 Å². The summed E-state index contributed by atoms with van der Waals surface area (Å²) < 4.78 is 1.54. The SMILES string of the molecule is CC1=NN(c2ccc(C)cc2)C(=O)/C1=C\c1c(C)[nH]n(-c2cccc3ccccc23)c1=O. The molecule has 0 saturated carbocycles. The van der Waals surface area contributed by atoms with Crippen molar-refractivity contribution >= 4 is 34.2 Å². The molecule has 2 heterocycles. The number of aromatic nitrogens is 2. The lowest BCUT2D eigenvalue weighted by atomic mass is 10.1. The van der Waals surface area contributed by atoms with E-state index in [1.54, 1.807) is 13.0 Å². The van der Waals surface area contributed by atoms with Crippen molar-refractivity contribution in [2.45, 2.75) is 20.8 Å². The van der Waals surface area contributed by atoms with Crippen molar-refractivity contribution in [3.05, 3.63) is 99.5 Å². The fraction of sp³-hybridized carbons (Fsp3) is 0.115. The van der Waals surface area contributed by atoms with Crippen molar-refractivity contribution in [3.8, 4) is 5.69 Å². The number of hydrogen-bond acceptors (Lipinski definition) is 3. The van der Waals surface area contributed by atoms with Crippen LogP contribution in [0.15, 0.2) is 82.2 Å². The molecular formula is C26H22N4O2. The molecule has 1 aromatic heterocycles. The molecule has 6 nitrogen and oxygen atoms in total. The van der Waals surface area contributed by atoms with Gasteiger partial charge in [-0.2, -0.15) is 10.1 Å². The lowest BCUT2D eigenvalue weighted by molar-refractivity contribution is -0.114. The van der Waals surface area contributed by atoms with Gasteiger partial charge in [0.05, 0.1) is 28.2 Å². The van der Waals surface area contributed by atoms with E-state index in [1.165, 1.54) is 9.69 Å². The van der Waals surface area contributed by atoms with Crippen LogP contribution in [0, 0.1) is 13.8 Å². The first-order valence-corrected chi connectivity index (χ1v) is 10.4. The fourth-order valence-electron chi connectivity index (χ4n) is 3.99. The number of hydrogen-bond donors (Lipinski definition) is 1. The molecule has 5 rings (SSSR count). The third-order valence-corrected chi connectivity index (χ3v) is 5.75. The Balaban J connectivity index is 1.58. The van der Waals surface area contributed by atoms with Crippen LogP contribution in [0.4, 0.5) is 5.69 Å². The van der Waals surface area contributed by atoms with Gasteiger partial charge in [-0.15, -0.1) is 0 Å². The van der Waals surface area contributed by atoms with Gasteiger partial charge in [-0.05, 0) is 50.4 Å². The zero-order chi connectivity index (χ0) is 22.4. The number of carbonyl (C=O) groups excluding carboxylic acids is 1. The Morgan fingerprint density at radius 3 is 2.38 bits per heavy atom. The monoisotopic (exact) mass is 422 g/mol. The van der Waals surface area contributed by atoms with Crippen LogP contribution < -0.4 is 10.6 Å². The number of hydrazone groups is 1. The molecule has 0 atom stereocenters. The zero-order valence-corrected chi connectivity index (χ0v) is 18.1. The molecule has 0 unspecified atom stereocenters. The predicted octanol–water partition coefficient (Wildman–Crippen LogP) is 4.74. The number of aromatic amines is 1. The van der Waals surface area contributed by atoms with E-state index in [4.69, 9.17) is 0 Å². The highest BCUT2D eigenvalue weighted by molar-refractivity contribution is 6.32. The van der Waals surface area contributed by atoms with Crippen LogP contribution >= 0.6 is 0 Å². The summed E-state index contributed by atoms with van der Waals surface area (Å²) in [6, 6.07) is 21.4. The number of nitrogens with one attached hydrogen (secondary N) is 1. The highest BCUT2D eigenvalue weighted by Crippen LogP contribution is 2.26. The third kappa shape index (κ3) is 3.17. The smallest absolute Gasteiger partial charge is 0.280 e. The van der Waals surface area contributed by atoms with Crippen molar-refractivity contribution in [2.75, 3.05) is 5.01 Å². The molecule has 32 heavy (non-hydrogen) atoms. The number of rotatable bonds is 3. The Morgan fingerprint density at radius 1 is 0.875 bits per heavy atom. The van der Waals surface area contributed by atoms with E-state index in [-0.39, 0.29) is 11.5 Å². The summed E-state index contributed by atoms with van der Waals surface area (Å²) in [5.74, 6) is -0.247. The number of benzene rings is 3. The van der Waals surface area contributed by atoms with Gasteiger partial charge in [0.2, 0.25) is 0 Å². The molecule has 0 aliphatic carbocycles. The summed E-state index contributed by atoms with van der Waals surface area (Å²) in [6.07, 6.45) is 1.64. The van der Waals surface area contributed by atoms with Gasteiger partial charge in [0.15, 0.2) is 0 Å². The third-order valence-electron chi connectivity index (χ3n) is 5.75. The quantitative estimate of drug-likeness (QED) is 0.485. The Labute approximate surface area is 185 Å². The molecule has 158 valence electrons. The van der Waals surface area contributed by atoms with Crippen molar-refractivity contribution in [1.29, 1.82) is 0 Å². The number of nitrogens with zero attached hydrogens (tertiary/aromatic N) is 3. The summed E-state index contributed by atoms with van der Waals surface area (Å²) in [5.41, 5.74) is 4.48. The second kappa shape index (κ2) is 7.50. The molecular weight excluding hydrogens is 400 g/mol. The minimum absolute atomic E-state index is 0.208. The maximum Gasteiger partial charge on any atom is 0.280 e. The van der Waals surface area contributed by atoms with E-state index in [0.717, 1.165) is 22.0 Å². The normalized spacial score (nSPS) is 15.1. The van der Waals surface area contributed by atoms with Crippen molar-refractivity contribution < 1.29 is 4.79 Å². The molecule has 6 heteroatoms. The summed E-state index contributed by atoms with van der Waals surface area (Å²) >= 11 is 0. The van der Waals surface area contributed by atoms with Gasteiger partial charge in [0.25, 0.3) is 11.5 Å². The Kier molecular flexibility index (Phi) is 4.63. The van der Waals surface area contributed by atoms with Crippen molar-refractivity contribution in [3.63, 3.8) is 0 Å². The number of carbonyl (C=O) groups is 1. The first-order chi connectivity index (χ1) is 15.4. The average Bonchev–Trinajstić information content (AvgIpc) is 3.24. The Bertz CT molecular complexity index is 1480. The molecule has 1 amide bonds. The number of aryl methyl sites for hydroxylation is 2. The van der Waals surface area contributed by atoms with Gasteiger partial charge < -0.3 is 0 Å². The average molecular weight is 422 g/mol. The molecule has 1 aliphatic heterocycles. The summed E-state index contributed by atoms with van der Waals surface area (Å²) in [6.45, 7) is 5.60. The highest BCUT2D eigenvalue weighted by atomic mass is 16.2. The van der Waals surface area contributed by atoms with Crippen LogP contribution in [0.1, 0.15) is 23.7 Å². The van der Waals surface area contributed by atoms with Crippen LogP contribution in [0.2, 0.25) is 0 Å². The largest absolute Gasteiger partial charge is 0.295 e. The topological polar surface area (TPSA) is 70.5 Å². The van der Waals surface area contributed by atoms with E-state index in [2.05, 4.69) is 10.2 Å². The van der Waals surface area contributed by atoms with E-state index < -0.39 is 0 Å². The molecule has 1 aliphatic rings. The minimum Gasteiger partial charge on any atom is -0.295 e. The molecule has 0 spiro atoms. The van der Waals surface area contributed by atoms with Crippen LogP contribution in [0.25, 0.3) is 22.5 Å². The number of amides is 1. The molecule has 4 aromatic rings. The molecule has 0 saturated heterocycles. The Morgan fingerprint density at radius 2 is 1.59 bits per heavy atom. The first kappa shape index (κ1) is 19.8. The number of fused-ring (bicyclic) bond motifs is 1. The highest BCUT2D eigenvalue weighted by Gasteiger charge is 2.29. The number of H-pyrrole nitrogens is 1.